The Labute approximate surface area is 137 Å². The van der Waals surface area contributed by atoms with Gasteiger partial charge < -0.3 is 14.2 Å². The molecule has 0 bridgehead atoms. The molecular weight excluding hydrogens is 292 g/mol. The highest BCUT2D eigenvalue weighted by Gasteiger charge is 2.19. The van der Waals surface area contributed by atoms with Crippen molar-refractivity contribution in [1.29, 1.82) is 0 Å². The molecule has 0 radical (unpaired) electrons. The van der Waals surface area contributed by atoms with E-state index in [0.29, 0.717) is 6.61 Å². The summed E-state index contributed by atoms with van der Waals surface area (Å²) in [5, 5.41) is 0. The smallest absolute Gasteiger partial charge is 0.335 e. The average Bonchev–Trinajstić information content (AvgIpc) is 2.60. The number of benzene rings is 2. The molecule has 0 saturated carbocycles. The molecule has 0 heterocycles. The molecule has 2 aromatic rings. The van der Waals surface area contributed by atoms with Crippen LogP contribution < -0.4 is 4.74 Å². The molecule has 0 spiro atoms. The van der Waals surface area contributed by atoms with Crippen LogP contribution in [0.5, 0.6) is 5.75 Å². The highest BCUT2D eigenvalue weighted by molar-refractivity contribution is 5.74. The third-order valence-corrected chi connectivity index (χ3v) is 3.53. The molecule has 0 N–H and O–H groups in total. The van der Waals surface area contributed by atoms with Gasteiger partial charge in [0.15, 0.2) is 6.10 Å². The van der Waals surface area contributed by atoms with E-state index in [1.165, 1.54) is 0 Å². The molecule has 2 atom stereocenters. The number of carbonyl (C=O) groups is 1. The van der Waals surface area contributed by atoms with Gasteiger partial charge in [-0.05, 0) is 37.1 Å². The normalized spacial score (nSPS) is 13.2. The molecule has 0 aromatic heterocycles. The summed E-state index contributed by atoms with van der Waals surface area (Å²) < 4.78 is 16.2. The Morgan fingerprint density at radius 2 is 1.78 bits per heavy atom. The van der Waals surface area contributed by atoms with E-state index in [1.54, 1.807) is 14.0 Å². The minimum atomic E-state index is -0.632. The van der Waals surface area contributed by atoms with E-state index in [-0.39, 0.29) is 12.1 Å². The lowest BCUT2D eigenvalue weighted by Gasteiger charge is -2.17. The van der Waals surface area contributed by atoms with Gasteiger partial charge >= 0.3 is 5.97 Å². The van der Waals surface area contributed by atoms with Crippen molar-refractivity contribution in [2.45, 2.75) is 32.7 Å². The van der Waals surface area contributed by atoms with Crippen LogP contribution in [0.25, 0.3) is 0 Å². The first kappa shape index (κ1) is 17.0. The van der Waals surface area contributed by atoms with Gasteiger partial charge in [-0.1, -0.05) is 42.5 Å². The highest BCUT2D eigenvalue weighted by Crippen LogP contribution is 2.18. The van der Waals surface area contributed by atoms with Crippen molar-refractivity contribution in [1.82, 2.24) is 0 Å². The summed E-state index contributed by atoms with van der Waals surface area (Å²) in [5.74, 6) is 0.392. The number of hydrogen-bond donors (Lipinski definition) is 0. The fraction of sp³-hybridized carbons (Fsp3) is 0.316. The number of esters is 1. The van der Waals surface area contributed by atoms with E-state index >= 15 is 0 Å². The molecule has 23 heavy (non-hydrogen) atoms. The summed E-state index contributed by atoms with van der Waals surface area (Å²) in [5.41, 5.74) is 1.90. The van der Waals surface area contributed by atoms with Crippen LogP contribution in [-0.2, 0) is 20.9 Å². The van der Waals surface area contributed by atoms with Crippen molar-refractivity contribution in [2.24, 2.45) is 0 Å². The maximum absolute atomic E-state index is 12.1. The van der Waals surface area contributed by atoms with Crippen LogP contribution in [0.2, 0.25) is 0 Å². The van der Waals surface area contributed by atoms with Crippen LogP contribution in [0, 0.1) is 0 Å². The van der Waals surface area contributed by atoms with Crippen molar-refractivity contribution in [2.75, 3.05) is 7.11 Å². The highest BCUT2D eigenvalue weighted by atomic mass is 16.6. The Kier molecular flexibility index (Phi) is 6.18. The van der Waals surface area contributed by atoms with Gasteiger partial charge in [-0.3, -0.25) is 0 Å². The first-order valence-electron chi connectivity index (χ1n) is 7.60. The third kappa shape index (κ3) is 5.11. The molecule has 0 aliphatic heterocycles. The Morgan fingerprint density at radius 3 is 2.48 bits per heavy atom. The van der Waals surface area contributed by atoms with E-state index in [0.717, 1.165) is 16.9 Å². The van der Waals surface area contributed by atoms with Crippen LogP contribution in [0.1, 0.15) is 31.1 Å². The second kappa shape index (κ2) is 8.34. The maximum Gasteiger partial charge on any atom is 0.335 e. The van der Waals surface area contributed by atoms with Gasteiger partial charge in [-0.2, -0.15) is 0 Å². The minimum Gasteiger partial charge on any atom is -0.497 e. The minimum absolute atomic E-state index is 0.299. The second-order valence-electron chi connectivity index (χ2n) is 5.29. The summed E-state index contributed by atoms with van der Waals surface area (Å²) in [6, 6.07) is 17.2. The zero-order valence-electron chi connectivity index (χ0n) is 13.7. The van der Waals surface area contributed by atoms with Gasteiger partial charge in [0.05, 0.1) is 13.7 Å². The van der Waals surface area contributed by atoms with Crippen LogP contribution in [0.3, 0.4) is 0 Å². The average molecular weight is 314 g/mol. The molecule has 4 nitrogen and oxygen atoms in total. The number of rotatable bonds is 7. The topological polar surface area (TPSA) is 44.8 Å². The maximum atomic E-state index is 12.1. The molecule has 122 valence electrons. The van der Waals surface area contributed by atoms with Crippen molar-refractivity contribution in [3.05, 3.63) is 65.7 Å². The van der Waals surface area contributed by atoms with Crippen LogP contribution in [0.15, 0.2) is 54.6 Å². The molecule has 2 aromatic carbocycles. The summed E-state index contributed by atoms with van der Waals surface area (Å²) in [6.45, 7) is 3.87. The number of hydrogen-bond acceptors (Lipinski definition) is 4. The second-order valence-corrected chi connectivity index (χ2v) is 5.29. The van der Waals surface area contributed by atoms with Gasteiger partial charge in [0.1, 0.15) is 11.9 Å². The fourth-order valence-electron chi connectivity index (χ4n) is 2.11. The first-order valence-corrected chi connectivity index (χ1v) is 7.60. The molecule has 0 saturated heterocycles. The summed E-state index contributed by atoms with van der Waals surface area (Å²) in [6.07, 6.45) is -0.932. The zero-order valence-corrected chi connectivity index (χ0v) is 13.7. The first-order chi connectivity index (χ1) is 11.1. The van der Waals surface area contributed by atoms with Crippen molar-refractivity contribution in [3.63, 3.8) is 0 Å². The van der Waals surface area contributed by atoms with E-state index in [1.807, 2.05) is 61.5 Å². The Morgan fingerprint density at radius 1 is 1.04 bits per heavy atom. The van der Waals surface area contributed by atoms with Gasteiger partial charge in [0.25, 0.3) is 0 Å². The number of methoxy groups -OCH3 is 1. The lowest BCUT2D eigenvalue weighted by Crippen LogP contribution is -2.24. The SMILES string of the molecule is COc1cccc(COC(C)C(=O)OC(C)c2ccccc2)c1. The Hall–Kier alpha value is -2.33. The number of ether oxygens (including phenoxy) is 3. The van der Waals surface area contributed by atoms with E-state index in [2.05, 4.69) is 0 Å². The lowest BCUT2D eigenvalue weighted by molar-refractivity contribution is -0.161. The molecule has 0 aliphatic rings. The van der Waals surface area contributed by atoms with Crippen molar-refractivity contribution >= 4 is 5.97 Å². The summed E-state index contributed by atoms with van der Waals surface area (Å²) >= 11 is 0. The van der Waals surface area contributed by atoms with Crippen LogP contribution >= 0.6 is 0 Å². The van der Waals surface area contributed by atoms with E-state index < -0.39 is 6.10 Å². The molecule has 2 rings (SSSR count). The lowest BCUT2D eigenvalue weighted by atomic mass is 10.1. The Balaban J connectivity index is 1.85. The van der Waals surface area contributed by atoms with Gasteiger partial charge in [-0.25, -0.2) is 4.79 Å². The van der Waals surface area contributed by atoms with Crippen LogP contribution in [-0.4, -0.2) is 19.2 Å². The molecule has 0 aliphatic carbocycles. The van der Waals surface area contributed by atoms with Gasteiger partial charge in [0.2, 0.25) is 0 Å². The summed E-state index contributed by atoms with van der Waals surface area (Å²) in [4.78, 5) is 12.1. The Bertz CT molecular complexity index is 624. The molecular formula is C19H22O4. The van der Waals surface area contributed by atoms with Gasteiger partial charge in [-0.15, -0.1) is 0 Å². The standard InChI is InChI=1S/C19H22O4/c1-14(17-9-5-4-6-10-17)23-19(20)15(2)22-13-16-8-7-11-18(12-16)21-3/h4-12,14-15H,13H2,1-3H3. The quantitative estimate of drug-likeness (QED) is 0.727. The van der Waals surface area contributed by atoms with E-state index in [9.17, 15) is 4.79 Å². The fourth-order valence-corrected chi connectivity index (χ4v) is 2.11. The molecule has 0 amide bonds. The van der Waals surface area contributed by atoms with E-state index in [4.69, 9.17) is 14.2 Å². The predicted molar refractivity (Wildman–Crippen MR) is 88.2 cm³/mol. The molecule has 4 heteroatoms. The summed E-state index contributed by atoms with van der Waals surface area (Å²) in [7, 11) is 1.62. The van der Waals surface area contributed by atoms with Crippen molar-refractivity contribution in [3.8, 4) is 5.75 Å². The predicted octanol–water partition coefficient (Wildman–Crippen LogP) is 3.90. The van der Waals surface area contributed by atoms with Gasteiger partial charge in [0, 0.05) is 0 Å². The third-order valence-electron chi connectivity index (χ3n) is 3.53. The molecule has 2 unspecified atom stereocenters. The molecule has 0 fully saturated rings. The number of carbonyl (C=O) groups excluding carboxylic acids is 1. The largest absolute Gasteiger partial charge is 0.497 e. The van der Waals surface area contributed by atoms with Crippen molar-refractivity contribution < 1.29 is 19.0 Å². The zero-order chi connectivity index (χ0) is 16.7. The monoisotopic (exact) mass is 314 g/mol. The van der Waals surface area contributed by atoms with Crippen LogP contribution in [0.4, 0.5) is 0 Å².